The monoisotopic (exact) mass is 394 g/mol. The largest absolute Gasteiger partial charge is 0.449 e. The summed E-state index contributed by atoms with van der Waals surface area (Å²) in [6.45, 7) is 2.99. The van der Waals surface area contributed by atoms with Crippen molar-refractivity contribution >= 4 is 27.6 Å². The summed E-state index contributed by atoms with van der Waals surface area (Å²) in [5.41, 5.74) is 0.242. The zero-order valence-corrected chi connectivity index (χ0v) is 15.8. The molecule has 9 heteroatoms. The van der Waals surface area contributed by atoms with Gasteiger partial charge in [0.2, 0.25) is 0 Å². The van der Waals surface area contributed by atoms with E-state index in [1.54, 1.807) is 6.92 Å². The van der Waals surface area contributed by atoms with Crippen molar-refractivity contribution in [2.75, 3.05) is 11.8 Å². The van der Waals surface area contributed by atoms with Crippen molar-refractivity contribution in [3.63, 3.8) is 0 Å². The molecular formula is C18H19FN2O5S. The van der Waals surface area contributed by atoms with Gasteiger partial charge in [-0.3, -0.25) is 9.52 Å². The van der Waals surface area contributed by atoms with Crippen LogP contribution in [-0.2, 0) is 19.6 Å². The summed E-state index contributed by atoms with van der Waals surface area (Å²) in [6, 6.07) is 9.16. The first-order chi connectivity index (χ1) is 12.7. The molecule has 0 saturated carbocycles. The Morgan fingerprint density at radius 3 is 2.44 bits per heavy atom. The maximum atomic E-state index is 13.7. The molecular weight excluding hydrogens is 375 g/mol. The fourth-order valence-corrected chi connectivity index (χ4v) is 3.31. The molecule has 0 unspecified atom stereocenters. The van der Waals surface area contributed by atoms with Crippen molar-refractivity contribution in [2.24, 2.45) is 0 Å². The fourth-order valence-electron chi connectivity index (χ4n) is 2.22. The average molecular weight is 394 g/mol. The van der Waals surface area contributed by atoms with Gasteiger partial charge in [-0.05, 0) is 43.7 Å². The molecule has 0 heterocycles. The first-order valence-corrected chi connectivity index (χ1v) is 9.44. The molecule has 2 aromatic carbocycles. The number of anilines is 1. The lowest BCUT2D eigenvalue weighted by Crippen LogP contribution is -2.33. The van der Waals surface area contributed by atoms with Gasteiger partial charge in [0.05, 0.1) is 16.1 Å². The zero-order chi connectivity index (χ0) is 20.2. The van der Waals surface area contributed by atoms with Gasteiger partial charge in [-0.25, -0.2) is 17.6 Å². The number of ether oxygens (including phenoxy) is 1. The molecule has 0 radical (unpaired) electrons. The summed E-state index contributed by atoms with van der Waals surface area (Å²) in [5.74, 6) is -2.07. The van der Waals surface area contributed by atoms with E-state index in [1.807, 2.05) is 0 Å². The number of hydrogen-bond acceptors (Lipinski definition) is 5. The van der Waals surface area contributed by atoms with E-state index in [2.05, 4.69) is 10.0 Å². The van der Waals surface area contributed by atoms with Crippen LogP contribution in [0.3, 0.4) is 0 Å². The van der Waals surface area contributed by atoms with E-state index in [4.69, 9.17) is 4.74 Å². The molecule has 27 heavy (non-hydrogen) atoms. The number of benzene rings is 2. The fraction of sp³-hybridized carbons (Fsp3) is 0.222. The van der Waals surface area contributed by atoms with Crippen molar-refractivity contribution < 1.29 is 27.1 Å². The third-order valence-corrected chi connectivity index (χ3v) is 5.12. The molecule has 0 bridgehead atoms. The minimum absolute atomic E-state index is 0.0119. The minimum atomic E-state index is -4.14. The van der Waals surface area contributed by atoms with Gasteiger partial charge in [0, 0.05) is 7.05 Å². The van der Waals surface area contributed by atoms with Crippen molar-refractivity contribution in [3.8, 4) is 0 Å². The van der Waals surface area contributed by atoms with E-state index in [1.165, 1.54) is 44.3 Å². The molecule has 2 rings (SSSR count). The second kappa shape index (κ2) is 8.17. The van der Waals surface area contributed by atoms with Gasteiger partial charge in [-0.1, -0.05) is 18.2 Å². The summed E-state index contributed by atoms with van der Waals surface area (Å²) in [6.07, 6.45) is -1.04. The molecule has 1 atom stereocenters. The number of carbonyl (C=O) groups excluding carboxylic acids is 2. The number of carbonyl (C=O) groups is 2. The maximum Gasteiger partial charge on any atom is 0.339 e. The highest BCUT2D eigenvalue weighted by Gasteiger charge is 2.22. The second-order valence-electron chi connectivity index (χ2n) is 5.72. The Hall–Kier alpha value is -2.94. The number of likely N-dealkylation sites (N-methyl/N-ethyl adjacent to an activating group) is 1. The van der Waals surface area contributed by atoms with Crippen LogP contribution in [0, 0.1) is 12.7 Å². The number of nitrogens with one attached hydrogen (secondary N) is 2. The lowest BCUT2D eigenvalue weighted by molar-refractivity contribution is -0.128. The minimum Gasteiger partial charge on any atom is -0.449 e. The molecule has 0 aliphatic carbocycles. The lowest BCUT2D eigenvalue weighted by atomic mass is 10.1. The second-order valence-corrected chi connectivity index (χ2v) is 7.41. The van der Waals surface area contributed by atoms with Gasteiger partial charge < -0.3 is 10.1 Å². The van der Waals surface area contributed by atoms with E-state index in [-0.39, 0.29) is 16.1 Å². The molecule has 2 N–H and O–H groups in total. The average Bonchev–Trinajstić information content (AvgIpc) is 2.62. The molecule has 0 fully saturated rings. The Balaban J connectivity index is 2.32. The molecule has 0 spiro atoms. The van der Waals surface area contributed by atoms with E-state index in [0.717, 1.165) is 12.1 Å². The van der Waals surface area contributed by atoms with E-state index in [9.17, 15) is 22.4 Å². The molecule has 0 aliphatic rings. The van der Waals surface area contributed by atoms with Crippen LogP contribution in [0.5, 0.6) is 0 Å². The Morgan fingerprint density at radius 2 is 1.81 bits per heavy atom. The number of sulfonamides is 1. The molecule has 144 valence electrons. The molecule has 0 saturated heterocycles. The number of halogens is 1. The Labute approximate surface area is 156 Å². The Morgan fingerprint density at radius 1 is 1.15 bits per heavy atom. The normalized spacial score (nSPS) is 12.1. The number of rotatable bonds is 6. The highest BCUT2D eigenvalue weighted by atomic mass is 32.2. The third-order valence-electron chi connectivity index (χ3n) is 3.76. The van der Waals surface area contributed by atoms with Gasteiger partial charge in [0.15, 0.2) is 6.10 Å². The number of amides is 1. The van der Waals surface area contributed by atoms with Crippen LogP contribution in [-0.4, -0.2) is 33.4 Å². The standard InChI is InChI=1S/C18H19FN2O5S/c1-11-8-9-13(10-14(11)18(23)26-12(2)17(22)20-3)27(24,25)21-16-7-5-4-6-15(16)19/h4-10,12,21H,1-3H3,(H,20,22)/t12-/m1/s1. The number of esters is 1. The summed E-state index contributed by atoms with van der Waals surface area (Å²) in [5, 5.41) is 2.35. The van der Waals surface area contributed by atoms with Crippen molar-refractivity contribution in [3.05, 3.63) is 59.4 Å². The van der Waals surface area contributed by atoms with Crippen LogP contribution < -0.4 is 10.0 Å². The summed E-state index contributed by atoms with van der Waals surface area (Å²) in [7, 11) is -2.73. The van der Waals surface area contributed by atoms with Crippen LogP contribution >= 0.6 is 0 Å². The topological polar surface area (TPSA) is 102 Å². The van der Waals surface area contributed by atoms with Gasteiger partial charge in [-0.15, -0.1) is 0 Å². The Bertz CT molecular complexity index is 975. The molecule has 7 nitrogen and oxygen atoms in total. The number of aryl methyl sites for hydroxylation is 1. The molecule has 2 aromatic rings. The third kappa shape index (κ3) is 4.82. The highest BCUT2D eigenvalue weighted by Crippen LogP contribution is 2.21. The zero-order valence-electron chi connectivity index (χ0n) is 14.9. The molecule has 1 amide bonds. The van der Waals surface area contributed by atoms with Crippen molar-refractivity contribution in [1.82, 2.24) is 5.32 Å². The smallest absolute Gasteiger partial charge is 0.339 e. The quantitative estimate of drug-likeness (QED) is 0.732. The number of para-hydroxylation sites is 1. The van der Waals surface area contributed by atoms with Crippen LogP contribution in [0.25, 0.3) is 0 Å². The highest BCUT2D eigenvalue weighted by molar-refractivity contribution is 7.92. The van der Waals surface area contributed by atoms with E-state index < -0.39 is 33.8 Å². The van der Waals surface area contributed by atoms with Gasteiger partial charge in [0.1, 0.15) is 5.82 Å². The van der Waals surface area contributed by atoms with Crippen LogP contribution in [0.1, 0.15) is 22.8 Å². The predicted molar refractivity (Wildman–Crippen MR) is 97.3 cm³/mol. The first-order valence-electron chi connectivity index (χ1n) is 7.96. The first kappa shape index (κ1) is 20.4. The molecule has 0 aromatic heterocycles. The molecule has 0 aliphatic heterocycles. The van der Waals surface area contributed by atoms with Crippen LogP contribution in [0.4, 0.5) is 10.1 Å². The van der Waals surface area contributed by atoms with Gasteiger partial charge in [0.25, 0.3) is 15.9 Å². The van der Waals surface area contributed by atoms with Crippen molar-refractivity contribution in [1.29, 1.82) is 0 Å². The van der Waals surface area contributed by atoms with E-state index >= 15 is 0 Å². The van der Waals surface area contributed by atoms with Crippen LogP contribution in [0.15, 0.2) is 47.4 Å². The summed E-state index contributed by atoms with van der Waals surface area (Å²) >= 11 is 0. The van der Waals surface area contributed by atoms with E-state index in [0.29, 0.717) is 5.56 Å². The van der Waals surface area contributed by atoms with Crippen molar-refractivity contribution in [2.45, 2.75) is 24.8 Å². The summed E-state index contributed by atoms with van der Waals surface area (Å²) < 4.78 is 46.0. The lowest BCUT2D eigenvalue weighted by Gasteiger charge is -2.14. The Kier molecular flexibility index (Phi) is 6.17. The maximum absolute atomic E-state index is 13.7. The SMILES string of the molecule is CNC(=O)[C@@H](C)OC(=O)c1cc(S(=O)(=O)Nc2ccccc2F)ccc1C. The summed E-state index contributed by atoms with van der Waals surface area (Å²) in [4.78, 5) is 23.6. The van der Waals surface area contributed by atoms with Crippen LogP contribution in [0.2, 0.25) is 0 Å². The number of hydrogen-bond donors (Lipinski definition) is 2. The van der Waals surface area contributed by atoms with Gasteiger partial charge >= 0.3 is 5.97 Å². The van der Waals surface area contributed by atoms with Gasteiger partial charge in [-0.2, -0.15) is 0 Å². The predicted octanol–water partition coefficient (Wildman–Crippen LogP) is 2.23.